The maximum atomic E-state index is 13.5. The van der Waals surface area contributed by atoms with E-state index in [0.717, 1.165) is 12.3 Å². The standard InChI is InChI=1S/C22H28F3N3O3S/c1-20(2,3)31-19(30)27-16-4-6-21(11-16,7-9-32)18(29)28-8-5-17-14(13-28)10-15(12-26-17)22(23,24)25/h4,6,10,12,16,32H,5,7-9,11,13H2,1-3H3,(H,27,30)/t16-,21-/m1/s1. The van der Waals surface area contributed by atoms with Crippen LogP contribution in [0, 0.1) is 5.41 Å². The number of alkyl halides is 3. The topological polar surface area (TPSA) is 71.5 Å². The second-order valence-corrected chi connectivity index (χ2v) is 9.70. The molecular formula is C22H28F3N3O3S. The van der Waals surface area contributed by atoms with Crippen molar-refractivity contribution in [2.75, 3.05) is 12.3 Å². The number of alkyl carbamates (subject to hydrolysis) is 1. The molecule has 2 amide bonds. The van der Waals surface area contributed by atoms with Gasteiger partial charge in [-0.2, -0.15) is 25.8 Å². The summed E-state index contributed by atoms with van der Waals surface area (Å²) in [6.07, 6.45) is 0.512. The number of nitrogens with zero attached hydrogens (tertiary/aromatic N) is 2. The predicted molar refractivity (Wildman–Crippen MR) is 116 cm³/mol. The van der Waals surface area contributed by atoms with Gasteiger partial charge >= 0.3 is 12.3 Å². The van der Waals surface area contributed by atoms with Crippen LogP contribution in [0.2, 0.25) is 0 Å². The second-order valence-electron chi connectivity index (χ2n) is 9.25. The first-order valence-corrected chi connectivity index (χ1v) is 11.1. The van der Waals surface area contributed by atoms with Gasteiger partial charge in [-0.15, -0.1) is 0 Å². The number of rotatable bonds is 4. The highest BCUT2D eigenvalue weighted by atomic mass is 32.1. The van der Waals surface area contributed by atoms with Crippen LogP contribution >= 0.6 is 12.6 Å². The number of ether oxygens (including phenoxy) is 1. The molecule has 0 aromatic carbocycles. The van der Waals surface area contributed by atoms with Gasteiger partial charge in [0.05, 0.1) is 17.0 Å². The number of carbonyl (C=O) groups is 2. The van der Waals surface area contributed by atoms with Gasteiger partial charge in [0.1, 0.15) is 5.60 Å². The highest BCUT2D eigenvalue weighted by Gasteiger charge is 2.44. The Morgan fingerprint density at radius 2 is 2.06 bits per heavy atom. The summed E-state index contributed by atoms with van der Waals surface area (Å²) in [6.45, 7) is 5.73. The zero-order valence-corrected chi connectivity index (χ0v) is 19.2. The van der Waals surface area contributed by atoms with Gasteiger partial charge in [0.2, 0.25) is 5.91 Å². The summed E-state index contributed by atoms with van der Waals surface area (Å²) in [5.41, 5.74) is -1.36. The van der Waals surface area contributed by atoms with Crippen LogP contribution < -0.4 is 5.32 Å². The Morgan fingerprint density at radius 3 is 2.69 bits per heavy atom. The third kappa shape index (κ3) is 5.57. The van der Waals surface area contributed by atoms with Crippen LogP contribution in [0.1, 0.15) is 50.4 Å². The number of nitrogens with one attached hydrogen (secondary N) is 1. The molecule has 32 heavy (non-hydrogen) atoms. The minimum atomic E-state index is -4.49. The fourth-order valence-electron chi connectivity index (χ4n) is 4.11. The van der Waals surface area contributed by atoms with E-state index in [1.165, 1.54) is 0 Å². The van der Waals surface area contributed by atoms with Gasteiger partial charge in [-0.05, 0) is 51.0 Å². The molecule has 0 spiro atoms. The molecule has 0 saturated heterocycles. The van der Waals surface area contributed by atoms with Gasteiger partial charge in [-0.25, -0.2) is 4.79 Å². The third-order valence-corrected chi connectivity index (χ3v) is 5.80. The van der Waals surface area contributed by atoms with E-state index in [1.54, 1.807) is 37.8 Å². The summed E-state index contributed by atoms with van der Waals surface area (Å²) < 4.78 is 44.6. The molecule has 2 atom stereocenters. The maximum absolute atomic E-state index is 13.5. The Balaban J connectivity index is 1.74. The van der Waals surface area contributed by atoms with Gasteiger partial charge < -0.3 is 15.0 Å². The summed E-state index contributed by atoms with van der Waals surface area (Å²) in [7, 11) is 0. The molecule has 0 radical (unpaired) electrons. The van der Waals surface area contributed by atoms with E-state index in [-0.39, 0.29) is 18.5 Å². The molecule has 3 rings (SSSR count). The molecule has 0 bridgehead atoms. The van der Waals surface area contributed by atoms with Crippen LogP contribution in [0.25, 0.3) is 0 Å². The molecule has 2 heterocycles. The predicted octanol–water partition coefficient (Wildman–Crippen LogP) is 4.14. The lowest BCUT2D eigenvalue weighted by Crippen LogP contribution is -2.47. The van der Waals surface area contributed by atoms with Gasteiger partial charge in [0.25, 0.3) is 0 Å². The lowest BCUT2D eigenvalue weighted by Gasteiger charge is -2.36. The van der Waals surface area contributed by atoms with Gasteiger partial charge in [0, 0.05) is 31.4 Å². The number of halogens is 3. The van der Waals surface area contributed by atoms with Gasteiger partial charge in [0.15, 0.2) is 0 Å². The molecule has 10 heteroatoms. The number of aromatic nitrogens is 1. The normalized spacial score (nSPS) is 23.1. The van der Waals surface area contributed by atoms with Crippen molar-refractivity contribution in [3.05, 3.63) is 41.2 Å². The molecule has 1 aromatic rings. The minimum absolute atomic E-state index is 0.0669. The number of hydrogen-bond donors (Lipinski definition) is 2. The van der Waals surface area contributed by atoms with Crippen LogP contribution in [-0.2, 0) is 28.7 Å². The molecule has 1 N–H and O–H groups in total. The minimum Gasteiger partial charge on any atom is -0.444 e. The van der Waals surface area contributed by atoms with E-state index in [4.69, 9.17) is 4.74 Å². The Labute approximate surface area is 191 Å². The molecule has 0 unspecified atom stereocenters. The fraction of sp³-hybridized carbons (Fsp3) is 0.591. The van der Waals surface area contributed by atoms with Crippen molar-refractivity contribution in [1.82, 2.24) is 15.2 Å². The smallest absolute Gasteiger partial charge is 0.417 e. The van der Waals surface area contributed by atoms with Crippen molar-refractivity contribution < 1.29 is 27.5 Å². The average molecular weight is 472 g/mol. The Morgan fingerprint density at radius 1 is 1.34 bits per heavy atom. The van der Waals surface area contributed by atoms with Crippen molar-refractivity contribution in [1.29, 1.82) is 0 Å². The molecule has 6 nitrogen and oxygen atoms in total. The number of amides is 2. The first-order valence-electron chi connectivity index (χ1n) is 10.5. The number of fused-ring (bicyclic) bond motifs is 1. The molecule has 0 fully saturated rings. The SMILES string of the molecule is CC(C)(C)OC(=O)N[C@@H]1C=C[C@](CCS)(C(=O)N2CCc3ncc(C(F)(F)F)cc3C2)C1. The molecular weight excluding hydrogens is 443 g/mol. The van der Waals surface area contributed by atoms with Crippen molar-refractivity contribution in [2.24, 2.45) is 5.41 Å². The monoisotopic (exact) mass is 471 g/mol. The zero-order chi connectivity index (χ0) is 23.7. The summed E-state index contributed by atoms with van der Waals surface area (Å²) in [4.78, 5) is 31.2. The largest absolute Gasteiger partial charge is 0.444 e. The Hall–Kier alpha value is -2.23. The number of hydrogen-bond acceptors (Lipinski definition) is 5. The second kappa shape index (κ2) is 8.96. The van der Waals surface area contributed by atoms with E-state index in [9.17, 15) is 22.8 Å². The van der Waals surface area contributed by atoms with Crippen LogP contribution in [0.4, 0.5) is 18.0 Å². The van der Waals surface area contributed by atoms with Gasteiger partial charge in [-0.1, -0.05) is 12.2 Å². The van der Waals surface area contributed by atoms with Crippen LogP contribution in [0.5, 0.6) is 0 Å². The Kier molecular flexibility index (Phi) is 6.83. The van der Waals surface area contributed by atoms with Crippen molar-refractivity contribution in [2.45, 2.75) is 64.4 Å². The molecule has 1 aliphatic heterocycles. The lowest BCUT2D eigenvalue weighted by atomic mass is 9.81. The van der Waals surface area contributed by atoms with Crippen LogP contribution in [0.3, 0.4) is 0 Å². The van der Waals surface area contributed by atoms with Crippen molar-refractivity contribution in [3.8, 4) is 0 Å². The van der Waals surface area contributed by atoms with Crippen molar-refractivity contribution in [3.63, 3.8) is 0 Å². The fourth-order valence-corrected chi connectivity index (χ4v) is 4.51. The van der Waals surface area contributed by atoms with Crippen molar-refractivity contribution >= 4 is 24.6 Å². The first kappa shape index (κ1) is 24.4. The quantitative estimate of drug-likeness (QED) is 0.511. The maximum Gasteiger partial charge on any atom is 0.417 e. The van der Waals surface area contributed by atoms with Gasteiger partial charge in [-0.3, -0.25) is 9.78 Å². The molecule has 1 aliphatic carbocycles. The van der Waals surface area contributed by atoms with E-state index >= 15 is 0 Å². The van der Waals surface area contributed by atoms with E-state index < -0.39 is 28.8 Å². The molecule has 2 aliphatic rings. The van der Waals surface area contributed by atoms with Crippen LogP contribution in [-0.4, -0.2) is 45.8 Å². The molecule has 176 valence electrons. The average Bonchev–Trinajstić information content (AvgIpc) is 3.08. The summed E-state index contributed by atoms with van der Waals surface area (Å²) in [5, 5.41) is 2.77. The lowest BCUT2D eigenvalue weighted by molar-refractivity contribution is -0.140. The summed E-state index contributed by atoms with van der Waals surface area (Å²) >= 11 is 4.30. The highest BCUT2D eigenvalue weighted by Crippen LogP contribution is 2.39. The zero-order valence-electron chi connectivity index (χ0n) is 18.3. The first-order chi connectivity index (χ1) is 14.8. The Bertz CT molecular complexity index is 914. The summed E-state index contributed by atoms with van der Waals surface area (Å²) in [6, 6.07) is 0.689. The highest BCUT2D eigenvalue weighted by molar-refractivity contribution is 7.80. The number of thiol groups is 1. The number of pyridine rings is 1. The molecule has 0 saturated carbocycles. The van der Waals surface area contributed by atoms with E-state index in [0.29, 0.717) is 42.8 Å². The number of carbonyl (C=O) groups excluding carboxylic acids is 2. The van der Waals surface area contributed by atoms with E-state index in [2.05, 4.69) is 22.9 Å². The summed E-state index contributed by atoms with van der Waals surface area (Å²) in [5.74, 6) is 0.263. The van der Waals surface area contributed by atoms with E-state index in [1.807, 2.05) is 0 Å². The van der Waals surface area contributed by atoms with Crippen LogP contribution in [0.15, 0.2) is 24.4 Å². The third-order valence-electron chi connectivity index (χ3n) is 5.57. The molecule has 1 aromatic heterocycles.